The van der Waals surface area contributed by atoms with Crippen molar-refractivity contribution in [3.8, 4) is 11.5 Å². The van der Waals surface area contributed by atoms with Crippen molar-refractivity contribution in [1.29, 1.82) is 0 Å². The van der Waals surface area contributed by atoms with Gasteiger partial charge in [0.2, 0.25) is 21.9 Å². The number of nitrogens with zero attached hydrogens (tertiary/aromatic N) is 3. The maximum Gasteiger partial charge on any atom is 0.241 e. The molecule has 0 bridgehead atoms. The minimum absolute atomic E-state index is 0.00727. The lowest BCUT2D eigenvalue weighted by molar-refractivity contribution is -0.125. The smallest absolute Gasteiger partial charge is 0.241 e. The van der Waals surface area contributed by atoms with Crippen LogP contribution in [0, 0.1) is 5.92 Å². The number of halogens is 1. The van der Waals surface area contributed by atoms with Gasteiger partial charge in [0.15, 0.2) is 11.5 Å². The molecule has 1 amide bonds. The molecule has 13 nitrogen and oxygen atoms in total. The minimum Gasteiger partial charge on any atom is -0.494 e. The minimum atomic E-state index is -4.20. The molecular formula is C24H33ClN6O7S. The van der Waals surface area contributed by atoms with Gasteiger partial charge >= 0.3 is 0 Å². The maximum absolute atomic E-state index is 13.5. The number of hydrazine groups is 1. The van der Waals surface area contributed by atoms with Gasteiger partial charge in [-0.05, 0) is 38.3 Å². The molecule has 39 heavy (non-hydrogen) atoms. The Kier molecular flexibility index (Phi) is 10.7. The van der Waals surface area contributed by atoms with Gasteiger partial charge < -0.3 is 18.9 Å². The van der Waals surface area contributed by atoms with Gasteiger partial charge in [0.05, 0.1) is 25.3 Å². The van der Waals surface area contributed by atoms with E-state index in [0.717, 1.165) is 6.42 Å². The van der Waals surface area contributed by atoms with Crippen LogP contribution in [0.5, 0.6) is 11.5 Å². The normalized spacial score (nSPS) is 19.2. The number of nitrogens with one attached hydrogen (secondary N) is 3. The molecule has 0 unspecified atom stereocenters. The fraction of sp³-hybridized carbons (Fsp3) is 0.500. The average molecular weight is 585 g/mol. The van der Waals surface area contributed by atoms with Crippen LogP contribution in [-0.4, -0.2) is 70.0 Å². The van der Waals surface area contributed by atoms with Crippen LogP contribution >= 0.6 is 11.6 Å². The number of hydrogen-bond acceptors (Lipinski definition) is 10. The Morgan fingerprint density at radius 2 is 1.72 bits per heavy atom. The summed E-state index contributed by atoms with van der Waals surface area (Å²) in [5, 5.41) is -0.898. The first kappa shape index (κ1) is 30.3. The summed E-state index contributed by atoms with van der Waals surface area (Å²) >= 11 is 5.87. The lowest BCUT2D eigenvalue weighted by atomic mass is 10.1. The number of methoxy groups -OCH3 is 4. The van der Waals surface area contributed by atoms with Crippen molar-refractivity contribution in [1.82, 2.24) is 25.5 Å². The van der Waals surface area contributed by atoms with E-state index in [9.17, 15) is 13.2 Å². The Hall–Kier alpha value is -3.20. The Morgan fingerprint density at radius 3 is 2.26 bits per heavy atom. The molecule has 1 aliphatic carbocycles. The second kappa shape index (κ2) is 13.7. The molecule has 4 atom stereocenters. The van der Waals surface area contributed by atoms with E-state index in [0.29, 0.717) is 29.4 Å². The lowest BCUT2D eigenvalue weighted by Gasteiger charge is -2.23. The van der Waals surface area contributed by atoms with Crippen LogP contribution in [0.4, 0.5) is 5.69 Å². The summed E-state index contributed by atoms with van der Waals surface area (Å²) in [4.78, 5) is 25.4. The topological polar surface area (TPSA) is 162 Å². The van der Waals surface area contributed by atoms with Crippen LogP contribution < -0.4 is 25.0 Å². The zero-order valence-corrected chi connectivity index (χ0v) is 23.9. The third-order valence-electron chi connectivity index (χ3n) is 6.32. The molecule has 2 aromatic rings. The van der Waals surface area contributed by atoms with Gasteiger partial charge in [0, 0.05) is 32.5 Å². The van der Waals surface area contributed by atoms with Crippen LogP contribution in [0.1, 0.15) is 38.1 Å². The summed E-state index contributed by atoms with van der Waals surface area (Å²) in [6, 6.07) is 4.97. The van der Waals surface area contributed by atoms with Gasteiger partial charge in [-0.2, -0.15) is 0 Å². The number of carbonyl (C=O) groups excluding carboxylic acids is 1. The monoisotopic (exact) mass is 584 g/mol. The molecule has 3 rings (SSSR count). The van der Waals surface area contributed by atoms with Crippen molar-refractivity contribution < 1.29 is 32.2 Å². The second-order valence-corrected chi connectivity index (χ2v) is 11.2. The molecule has 0 saturated heterocycles. The molecule has 15 heteroatoms. The summed E-state index contributed by atoms with van der Waals surface area (Å²) in [5.74, 6) is -0.178. The van der Waals surface area contributed by atoms with Crippen LogP contribution in [0.25, 0.3) is 0 Å². The summed E-state index contributed by atoms with van der Waals surface area (Å²) in [6.45, 7) is 1.43. The Bertz CT molecular complexity index is 1240. The van der Waals surface area contributed by atoms with E-state index in [1.165, 1.54) is 40.6 Å². The zero-order valence-electron chi connectivity index (χ0n) is 22.3. The molecule has 3 N–H and O–H groups in total. The predicted molar refractivity (Wildman–Crippen MR) is 144 cm³/mol. The first-order valence-corrected chi connectivity index (χ1v) is 14.0. The Balaban J connectivity index is 1.91. The van der Waals surface area contributed by atoms with E-state index in [-0.39, 0.29) is 35.4 Å². The molecule has 1 aliphatic rings. The second-order valence-electron chi connectivity index (χ2n) is 8.72. The number of aliphatic imine (C=N–C) groups is 1. The maximum atomic E-state index is 13.5. The quantitative estimate of drug-likeness (QED) is 0.214. The largest absolute Gasteiger partial charge is 0.494 e. The van der Waals surface area contributed by atoms with Crippen molar-refractivity contribution >= 4 is 39.2 Å². The molecular weight excluding hydrogens is 552 g/mol. The van der Waals surface area contributed by atoms with E-state index in [1.807, 2.05) is 0 Å². The molecule has 0 aliphatic heterocycles. The van der Waals surface area contributed by atoms with Crippen LogP contribution in [0.2, 0.25) is 5.02 Å². The Morgan fingerprint density at radius 1 is 1.08 bits per heavy atom. The van der Waals surface area contributed by atoms with Crippen molar-refractivity contribution in [3.05, 3.63) is 41.4 Å². The highest BCUT2D eigenvalue weighted by Gasteiger charge is 2.34. The van der Waals surface area contributed by atoms with Crippen molar-refractivity contribution in [2.45, 2.75) is 43.6 Å². The molecule has 214 valence electrons. The summed E-state index contributed by atoms with van der Waals surface area (Å²) < 4.78 is 50.9. The first-order chi connectivity index (χ1) is 18.6. The highest BCUT2D eigenvalue weighted by atomic mass is 35.5. The van der Waals surface area contributed by atoms with E-state index in [1.54, 1.807) is 25.3 Å². The number of para-hydroxylation sites is 1. The van der Waals surface area contributed by atoms with Gasteiger partial charge in [-0.25, -0.2) is 23.4 Å². The van der Waals surface area contributed by atoms with E-state index in [4.69, 9.17) is 30.5 Å². The van der Waals surface area contributed by atoms with Crippen molar-refractivity contribution in [3.63, 3.8) is 0 Å². The van der Waals surface area contributed by atoms with Crippen molar-refractivity contribution in [2.75, 3.05) is 28.4 Å². The molecule has 1 saturated carbocycles. The van der Waals surface area contributed by atoms with Gasteiger partial charge in [0.25, 0.3) is 0 Å². The van der Waals surface area contributed by atoms with Gasteiger partial charge in [-0.15, -0.1) is 0 Å². The number of rotatable bonds is 10. The summed E-state index contributed by atoms with van der Waals surface area (Å²) in [7, 11) is 1.63. The highest BCUT2D eigenvalue weighted by Crippen LogP contribution is 2.37. The van der Waals surface area contributed by atoms with Gasteiger partial charge in [-0.1, -0.05) is 17.7 Å². The third kappa shape index (κ3) is 7.68. The first-order valence-electron chi connectivity index (χ1n) is 12.0. The zero-order chi connectivity index (χ0) is 28.6. The lowest BCUT2D eigenvalue weighted by Crippen LogP contribution is -2.52. The van der Waals surface area contributed by atoms with E-state index < -0.39 is 21.4 Å². The molecule has 1 aromatic carbocycles. The third-order valence-corrected chi connectivity index (χ3v) is 8.22. The summed E-state index contributed by atoms with van der Waals surface area (Å²) in [5.41, 5.74) is 5.36. The number of amides is 1. The SMILES string of the molecule is COc1cccc(OC)c1/N=C(/NNC(=O)[C@@H]1CC[C@@H](OC)C1)NS(=O)(=O)[C@@H](C)[C@H](OC)c1ncc(Cl)cn1. The predicted octanol–water partition coefficient (Wildman–Crippen LogP) is 2.27. The number of guanidine groups is 1. The van der Waals surface area contributed by atoms with Gasteiger partial charge in [0.1, 0.15) is 22.9 Å². The number of hydrogen-bond donors (Lipinski definition) is 3. The fourth-order valence-electron chi connectivity index (χ4n) is 4.11. The average Bonchev–Trinajstić information content (AvgIpc) is 3.42. The number of ether oxygens (including phenoxy) is 4. The standard InChI is InChI=1S/C24H33ClN6O7S/c1-14(21(38-5)22-26-12-16(25)13-27-22)39(33,34)31-24(28-20-18(36-3)7-6-8-19(20)37-4)30-29-23(32)15-9-10-17(11-15)35-2/h6-8,12-15,17,21H,9-11H2,1-5H3,(H,29,32)(H2,28,30,31)/t14-,15+,17+,21-/m0/s1. The van der Waals surface area contributed by atoms with Gasteiger partial charge in [-0.3, -0.25) is 20.4 Å². The Labute approximate surface area is 232 Å². The molecule has 1 fully saturated rings. The molecule has 1 aromatic heterocycles. The summed E-state index contributed by atoms with van der Waals surface area (Å²) in [6.07, 6.45) is 3.58. The number of benzene rings is 1. The fourth-order valence-corrected chi connectivity index (χ4v) is 5.32. The molecule has 0 spiro atoms. The van der Waals surface area contributed by atoms with Crippen LogP contribution in [0.15, 0.2) is 35.6 Å². The number of aromatic nitrogens is 2. The van der Waals surface area contributed by atoms with E-state index >= 15 is 0 Å². The van der Waals surface area contributed by atoms with E-state index in [2.05, 4.69) is 30.5 Å². The number of carbonyl (C=O) groups is 1. The molecule has 1 heterocycles. The van der Waals surface area contributed by atoms with Crippen molar-refractivity contribution in [2.24, 2.45) is 10.9 Å². The highest BCUT2D eigenvalue weighted by molar-refractivity contribution is 7.90. The van der Waals surface area contributed by atoms with Crippen LogP contribution in [-0.2, 0) is 24.3 Å². The van der Waals surface area contributed by atoms with Crippen LogP contribution in [0.3, 0.4) is 0 Å². The number of sulfonamides is 1. The molecule has 0 radical (unpaired) electrons.